The van der Waals surface area contributed by atoms with Crippen molar-refractivity contribution in [1.82, 2.24) is 29.9 Å². The number of aromatic nitrogens is 6. The summed E-state index contributed by atoms with van der Waals surface area (Å²) in [7, 11) is 1.93. The molecule has 0 saturated heterocycles. The highest BCUT2D eigenvalue weighted by atomic mass is 15.2. The minimum absolute atomic E-state index is 0.389. The van der Waals surface area contributed by atoms with E-state index in [0.717, 1.165) is 39.8 Å². The summed E-state index contributed by atoms with van der Waals surface area (Å²) in [4.78, 5) is 9.30. The molecule has 7 nitrogen and oxygen atoms in total. The fourth-order valence-corrected chi connectivity index (χ4v) is 3.15. The molecule has 142 valence electrons. The molecule has 4 aromatic heterocycles. The molecule has 0 bridgehead atoms. The molecule has 0 saturated carbocycles. The van der Waals surface area contributed by atoms with E-state index in [-0.39, 0.29) is 0 Å². The summed E-state index contributed by atoms with van der Waals surface area (Å²) in [5, 5.41) is 16.0. The topological polar surface area (TPSA) is 81.4 Å². The highest BCUT2D eigenvalue weighted by Crippen LogP contribution is 2.26. The van der Waals surface area contributed by atoms with E-state index in [9.17, 15) is 0 Å². The summed E-state index contributed by atoms with van der Waals surface area (Å²) in [6, 6.07) is 7.92. The summed E-state index contributed by atoms with van der Waals surface area (Å²) >= 11 is 0. The second-order valence-electron chi connectivity index (χ2n) is 7.13. The lowest BCUT2D eigenvalue weighted by atomic mass is 10.1. The van der Waals surface area contributed by atoms with Gasteiger partial charge < -0.3 is 5.32 Å². The Morgan fingerprint density at radius 2 is 1.93 bits per heavy atom. The van der Waals surface area contributed by atoms with Crippen LogP contribution >= 0.6 is 0 Å². The third kappa shape index (κ3) is 3.55. The quantitative estimate of drug-likeness (QED) is 0.563. The van der Waals surface area contributed by atoms with Crippen LogP contribution in [0.15, 0.2) is 42.9 Å². The van der Waals surface area contributed by atoms with Crippen LogP contribution in [0.3, 0.4) is 0 Å². The zero-order chi connectivity index (χ0) is 19.7. The first kappa shape index (κ1) is 18.0. The fraction of sp³-hybridized carbons (Fsp3) is 0.286. The number of anilines is 2. The molecular formula is C21H23N7. The van der Waals surface area contributed by atoms with Gasteiger partial charge in [-0.05, 0) is 42.2 Å². The van der Waals surface area contributed by atoms with Gasteiger partial charge >= 0.3 is 0 Å². The van der Waals surface area contributed by atoms with Gasteiger partial charge in [-0.2, -0.15) is 10.2 Å². The van der Waals surface area contributed by atoms with Gasteiger partial charge in [0.2, 0.25) is 0 Å². The summed E-state index contributed by atoms with van der Waals surface area (Å²) < 4.78 is 1.84. The number of fused-ring (bicyclic) bond motifs is 1. The van der Waals surface area contributed by atoms with Gasteiger partial charge in [-0.15, -0.1) is 5.10 Å². The normalized spacial score (nSPS) is 11.3. The molecule has 4 rings (SSSR count). The Morgan fingerprint density at radius 3 is 2.71 bits per heavy atom. The Bertz CT molecular complexity index is 1130. The number of aryl methyl sites for hydroxylation is 2. The average molecular weight is 373 g/mol. The number of hydrogen-bond acceptors (Lipinski definition) is 6. The van der Waals surface area contributed by atoms with Gasteiger partial charge in [-0.25, -0.2) is 4.98 Å². The number of hydrogen-bond donors (Lipinski definition) is 1. The van der Waals surface area contributed by atoms with E-state index in [0.29, 0.717) is 17.6 Å². The van der Waals surface area contributed by atoms with E-state index in [1.165, 1.54) is 0 Å². The van der Waals surface area contributed by atoms with E-state index >= 15 is 0 Å². The number of nitrogens with one attached hydrogen (secondary N) is 1. The molecule has 0 aromatic carbocycles. The standard InChI is InChI=1S/C21H23N7/c1-5-17-16(12-28(4)27-17)15-8-19-18(22-10-15)6-7-20(24-19)25-21-9-14(13(2)3)11-23-26-21/h6-13H,5H2,1-4H3,(H,24,25,26). The molecule has 0 spiro atoms. The van der Waals surface area contributed by atoms with Gasteiger partial charge in [0, 0.05) is 30.6 Å². The Hall–Kier alpha value is -3.35. The summed E-state index contributed by atoms with van der Waals surface area (Å²) in [5.74, 6) is 1.78. The fourth-order valence-electron chi connectivity index (χ4n) is 3.15. The van der Waals surface area contributed by atoms with Crippen molar-refractivity contribution in [2.45, 2.75) is 33.1 Å². The maximum Gasteiger partial charge on any atom is 0.154 e. The first-order valence-corrected chi connectivity index (χ1v) is 9.43. The molecule has 0 amide bonds. The third-order valence-corrected chi connectivity index (χ3v) is 4.69. The number of pyridine rings is 2. The van der Waals surface area contributed by atoms with Crippen molar-refractivity contribution in [3.05, 3.63) is 54.1 Å². The lowest BCUT2D eigenvalue weighted by molar-refractivity contribution is 0.746. The van der Waals surface area contributed by atoms with Crippen molar-refractivity contribution in [3.63, 3.8) is 0 Å². The van der Waals surface area contributed by atoms with Crippen LogP contribution in [0.4, 0.5) is 11.6 Å². The predicted octanol–water partition coefficient (Wildman–Crippen LogP) is 4.25. The van der Waals surface area contributed by atoms with Gasteiger partial charge in [0.1, 0.15) is 5.82 Å². The zero-order valence-corrected chi connectivity index (χ0v) is 16.5. The molecular weight excluding hydrogens is 350 g/mol. The van der Waals surface area contributed by atoms with Gasteiger partial charge in [0.15, 0.2) is 5.82 Å². The van der Waals surface area contributed by atoms with E-state index in [1.54, 1.807) is 6.20 Å². The molecule has 0 aliphatic rings. The van der Waals surface area contributed by atoms with Gasteiger partial charge in [0.25, 0.3) is 0 Å². The molecule has 28 heavy (non-hydrogen) atoms. The lowest BCUT2D eigenvalue weighted by Gasteiger charge is -2.09. The summed E-state index contributed by atoms with van der Waals surface area (Å²) in [5.41, 5.74) is 5.96. The largest absolute Gasteiger partial charge is 0.323 e. The van der Waals surface area contributed by atoms with Crippen LogP contribution in [0.1, 0.15) is 37.9 Å². The number of nitrogens with zero attached hydrogens (tertiary/aromatic N) is 6. The van der Waals surface area contributed by atoms with Crippen molar-refractivity contribution < 1.29 is 0 Å². The highest BCUT2D eigenvalue weighted by Gasteiger charge is 2.11. The SMILES string of the molecule is CCc1nn(C)cc1-c1cnc2ccc(Nc3cc(C(C)C)cnn3)nc2c1. The minimum atomic E-state index is 0.389. The zero-order valence-electron chi connectivity index (χ0n) is 16.5. The first-order valence-electron chi connectivity index (χ1n) is 9.43. The molecule has 0 fully saturated rings. The van der Waals surface area contributed by atoms with Crippen LogP contribution in [-0.4, -0.2) is 29.9 Å². The van der Waals surface area contributed by atoms with E-state index in [1.807, 2.05) is 42.3 Å². The molecule has 0 unspecified atom stereocenters. The van der Waals surface area contributed by atoms with E-state index < -0.39 is 0 Å². The van der Waals surface area contributed by atoms with E-state index in [2.05, 4.69) is 52.4 Å². The lowest BCUT2D eigenvalue weighted by Crippen LogP contribution is -2.00. The highest BCUT2D eigenvalue weighted by molar-refractivity contribution is 5.82. The molecule has 0 atom stereocenters. The summed E-state index contributed by atoms with van der Waals surface area (Å²) in [6.07, 6.45) is 6.56. The van der Waals surface area contributed by atoms with Crippen LogP contribution in [0.25, 0.3) is 22.2 Å². The van der Waals surface area contributed by atoms with Crippen LogP contribution in [0.5, 0.6) is 0 Å². The van der Waals surface area contributed by atoms with Crippen molar-refractivity contribution in [2.75, 3.05) is 5.32 Å². The smallest absolute Gasteiger partial charge is 0.154 e. The van der Waals surface area contributed by atoms with Crippen LogP contribution < -0.4 is 5.32 Å². The van der Waals surface area contributed by atoms with Crippen LogP contribution in [0, 0.1) is 0 Å². The van der Waals surface area contributed by atoms with Crippen molar-refractivity contribution >= 4 is 22.7 Å². The Kier molecular flexibility index (Phi) is 4.73. The van der Waals surface area contributed by atoms with Gasteiger partial charge in [-0.3, -0.25) is 9.67 Å². The molecule has 4 aromatic rings. The molecule has 0 aliphatic carbocycles. The molecule has 0 aliphatic heterocycles. The molecule has 7 heteroatoms. The maximum absolute atomic E-state index is 4.72. The average Bonchev–Trinajstić information content (AvgIpc) is 3.08. The van der Waals surface area contributed by atoms with Crippen LogP contribution in [0.2, 0.25) is 0 Å². The third-order valence-electron chi connectivity index (χ3n) is 4.69. The van der Waals surface area contributed by atoms with Crippen LogP contribution in [-0.2, 0) is 13.5 Å². The summed E-state index contributed by atoms with van der Waals surface area (Å²) in [6.45, 7) is 6.36. The second-order valence-corrected chi connectivity index (χ2v) is 7.13. The Balaban J connectivity index is 1.69. The minimum Gasteiger partial charge on any atom is -0.323 e. The van der Waals surface area contributed by atoms with Gasteiger partial charge in [0.05, 0.1) is 22.9 Å². The predicted molar refractivity (Wildman–Crippen MR) is 111 cm³/mol. The number of rotatable bonds is 5. The second kappa shape index (κ2) is 7.34. The van der Waals surface area contributed by atoms with E-state index in [4.69, 9.17) is 4.98 Å². The Morgan fingerprint density at radius 1 is 1.07 bits per heavy atom. The monoisotopic (exact) mass is 373 g/mol. The van der Waals surface area contributed by atoms with Gasteiger partial charge in [-0.1, -0.05) is 20.8 Å². The van der Waals surface area contributed by atoms with Crippen molar-refractivity contribution in [1.29, 1.82) is 0 Å². The molecule has 0 radical (unpaired) electrons. The molecule has 4 heterocycles. The Labute approximate surface area is 163 Å². The molecule has 1 N–H and O–H groups in total. The van der Waals surface area contributed by atoms with Crippen molar-refractivity contribution in [2.24, 2.45) is 7.05 Å². The van der Waals surface area contributed by atoms with Crippen molar-refractivity contribution in [3.8, 4) is 11.1 Å². The maximum atomic E-state index is 4.72. The first-order chi connectivity index (χ1) is 13.5.